The molecule has 0 aromatic heterocycles. The van der Waals surface area contributed by atoms with Gasteiger partial charge in [-0.15, -0.1) is 0 Å². The van der Waals surface area contributed by atoms with Crippen LogP contribution in [0.3, 0.4) is 0 Å². The Hall–Kier alpha value is -5.80. The van der Waals surface area contributed by atoms with Crippen LogP contribution in [0.25, 0.3) is 0 Å². The highest BCUT2D eigenvalue weighted by Crippen LogP contribution is 2.28. The van der Waals surface area contributed by atoms with Gasteiger partial charge >= 0.3 is 0 Å². The van der Waals surface area contributed by atoms with Crippen molar-refractivity contribution in [2.24, 2.45) is 10.3 Å². The van der Waals surface area contributed by atoms with Gasteiger partial charge in [0, 0.05) is 24.8 Å². The molecule has 0 saturated heterocycles. The van der Waals surface area contributed by atoms with Gasteiger partial charge in [-0.1, -0.05) is 36.4 Å². The number of unbranched alkanes of at least 4 members (excludes halogenated alkanes) is 1. The quantitative estimate of drug-likeness (QED) is 0.0445. The topological polar surface area (TPSA) is 415 Å². The Morgan fingerprint density at radius 2 is 0.857 bits per heavy atom. The summed E-state index contributed by atoms with van der Waals surface area (Å²) in [5, 5.41) is 34.4. The zero-order valence-corrected chi connectivity index (χ0v) is 42.2. The molecule has 0 unspecified atom stereocenters. The molecule has 398 valence electrons. The molecule has 0 heterocycles. The highest BCUT2D eigenvalue weighted by Gasteiger charge is 2.19. The molecule has 0 fully saturated rings. The highest BCUT2D eigenvalue weighted by molar-refractivity contribution is 7.89. The molecular formula is C46H74N4O18S2. The van der Waals surface area contributed by atoms with Gasteiger partial charge in [-0.25, -0.2) is 27.1 Å². The van der Waals surface area contributed by atoms with Crippen molar-refractivity contribution in [3.8, 4) is 34.5 Å². The lowest BCUT2D eigenvalue weighted by Crippen LogP contribution is -2.90. The summed E-state index contributed by atoms with van der Waals surface area (Å²) < 4.78 is 79.8. The van der Waals surface area contributed by atoms with Crippen LogP contribution in [0.1, 0.15) is 64.5 Å². The normalized spacial score (nSPS) is 11.3. The minimum atomic E-state index is -3.83. The van der Waals surface area contributed by atoms with Crippen molar-refractivity contribution in [3.05, 3.63) is 96.1 Å². The third-order valence-electron chi connectivity index (χ3n) is 9.38. The summed E-state index contributed by atoms with van der Waals surface area (Å²) in [7, 11) is -4.82. The molecule has 0 aliphatic carbocycles. The molecule has 0 bridgehead atoms. The number of carbonyl (C=O) groups is 2. The number of methoxy groups -OCH3 is 2. The number of para-hydroxylation sites is 4. The van der Waals surface area contributed by atoms with E-state index in [1.165, 1.54) is 14.2 Å². The van der Waals surface area contributed by atoms with Crippen molar-refractivity contribution >= 4 is 32.0 Å². The Morgan fingerprint density at radius 3 is 1.13 bits per heavy atom. The molecule has 0 saturated carbocycles. The molecule has 22 nitrogen and oxygen atoms in total. The summed E-state index contributed by atoms with van der Waals surface area (Å²) in [5.41, 5.74) is 1.77. The molecule has 0 spiro atoms. The molecule has 0 amide bonds. The molecule has 0 radical (unpaired) electrons. The zero-order chi connectivity index (χ0) is 49.1. The number of rotatable bonds is 27. The fourth-order valence-corrected chi connectivity index (χ4v) is 7.82. The van der Waals surface area contributed by atoms with E-state index in [0.717, 1.165) is 47.2 Å². The predicted octanol–water partition coefficient (Wildman–Crippen LogP) is -2.62. The lowest BCUT2D eigenvalue weighted by molar-refractivity contribution is -0.686. The Balaban J connectivity index is -0.00000103. The van der Waals surface area contributed by atoms with E-state index in [2.05, 4.69) is 24.5 Å². The van der Waals surface area contributed by atoms with Crippen molar-refractivity contribution < 1.29 is 97.6 Å². The zero-order valence-electron chi connectivity index (χ0n) is 40.6. The van der Waals surface area contributed by atoms with Gasteiger partial charge in [0.15, 0.2) is 23.0 Å². The van der Waals surface area contributed by atoms with Crippen molar-refractivity contribution in [3.63, 3.8) is 0 Å². The molecule has 4 aromatic carbocycles. The number of nitrogens with two attached hydrogens (primary N) is 4. The summed E-state index contributed by atoms with van der Waals surface area (Å²) in [5.74, 6) is 1.18. The van der Waals surface area contributed by atoms with E-state index in [0.29, 0.717) is 52.1 Å². The number of carboxylic acids is 2. The first-order valence-electron chi connectivity index (χ1n) is 21.5. The Labute approximate surface area is 410 Å². The number of carboxylic acid groups (broad SMARTS) is 2. The van der Waals surface area contributed by atoms with E-state index in [9.17, 15) is 36.6 Å². The Morgan fingerprint density at radius 1 is 0.543 bits per heavy atom. The van der Waals surface area contributed by atoms with Gasteiger partial charge in [0.1, 0.15) is 47.6 Å². The van der Waals surface area contributed by atoms with E-state index in [1.807, 2.05) is 74.5 Å². The van der Waals surface area contributed by atoms with Crippen LogP contribution in [0.15, 0.2) is 94.7 Å². The number of primary sulfonamides is 2. The second kappa shape index (κ2) is 36.2. The summed E-state index contributed by atoms with van der Waals surface area (Å²) in [6.07, 6.45) is 1.93. The standard InChI is InChI=1S/2C20H28N2O5S.C6H10O4.4H2O/c2*1-4-26-17-7-5-6-8-18(17)27-12-11-22-15(2)13-16-9-10-19(25-3)20(14-16)28(21,23)24;7-5(8)3-1-2-4-6(9)10;;;;/h2*5-10,14-15,22H,4,11-13H2,1-3H3,(H2,21,23,24);1-4H2,(H,7,8)(H,9,10);4*1H2/t2*15-;;;;;/m11...../s1. The maximum atomic E-state index is 11.7. The molecule has 24 heteroatoms. The Bertz CT molecular complexity index is 2160. The second-order valence-electron chi connectivity index (χ2n) is 14.9. The molecule has 0 aliphatic rings. The number of aliphatic carboxylic acids is 2. The van der Waals surface area contributed by atoms with Gasteiger partial charge in [0.25, 0.3) is 0 Å². The van der Waals surface area contributed by atoms with Crippen molar-refractivity contribution in [2.45, 2.75) is 88.1 Å². The molecule has 2 atom stereocenters. The van der Waals surface area contributed by atoms with Crippen molar-refractivity contribution in [1.29, 1.82) is 0 Å². The molecule has 70 heavy (non-hydrogen) atoms. The van der Waals surface area contributed by atoms with E-state index in [4.69, 9.17) is 38.7 Å². The first kappa shape index (κ1) is 68.5. The maximum absolute atomic E-state index is 11.7. The van der Waals surface area contributed by atoms with Crippen LogP contribution < -0.4 is 59.5 Å². The van der Waals surface area contributed by atoms with Gasteiger partial charge in [-0.2, -0.15) is 0 Å². The van der Waals surface area contributed by atoms with E-state index in [1.54, 1.807) is 24.3 Å². The van der Waals surface area contributed by atoms with Crippen LogP contribution in [-0.4, -0.2) is 116 Å². The minimum Gasteiger partial charge on any atom is -0.550 e. The predicted molar refractivity (Wildman–Crippen MR) is 258 cm³/mol. The first-order chi connectivity index (χ1) is 31.3. The van der Waals surface area contributed by atoms with E-state index >= 15 is 0 Å². The van der Waals surface area contributed by atoms with Crippen molar-refractivity contribution in [1.82, 2.24) is 0 Å². The third-order valence-corrected chi connectivity index (χ3v) is 11.2. The van der Waals surface area contributed by atoms with Crippen LogP contribution in [0.4, 0.5) is 0 Å². The minimum absolute atomic E-state index is 0. The third kappa shape index (κ3) is 26.8. The van der Waals surface area contributed by atoms with E-state index in [-0.39, 0.29) is 68.1 Å². The molecule has 4 aromatic rings. The molecule has 4 rings (SSSR count). The summed E-state index contributed by atoms with van der Waals surface area (Å²) in [4.78, 5) is 19.6. The highest BCUT2D eigenvalue weighted by atomic mass is 32.2. The number of sulfonamides is 2. The summed E-state index contributed by atoms with van der Waals surface area (Å²) in [6, 6.07) is 25.8. The van der Waals surface area contributed by atoms with Gasteiger partial charge in [0.05, 0.1) is 39.5 Å². The van der Waals surface area contributed by atoms with Crippen LogP contribution in [0.2, 0.25) is 0 Å². The molecule has 16 N–H and O–H groups in total. The number of carbonyl (C=O) groups excluding carboxylic acids is 2. The number of benzene rings is 4. The van der Waals surface area contributed by atoms with Crippen molar-refractivity contribution in [2.75, 3.05) is 53.7 Å². The van der Waals surface area contributed by atoms with Gasteiger partial charge in [-0.05, 0) is 113 Å². The monoisotopic (exact) mass is 1030 g/mol. The van der Waals surface area contributed by atoms with Gasteiger partial charge in [-0.3, -0.25) is 0 Å². The average Bonchev–Trinajstić information content (AvgIpc) is 3.26. The van der Waals surface area contributed by atoms with Gasteiger partial charge < -0.3 is 80.8 Å². The largest absolute Gasteiger partial charge is 0.550 e. The van der Waals surface area contributed by atoms with Crippen LogP contribution >= 0.6 is 0 Å². The smallest absolute Gasteiger partial charge is 0.241 e. The number of ether oxygens (including phenoxy) is 6. The average molecular weight is 1040 g/mol. The van der Waals surface area contributed by atoms with Crippen LogP contribution in [0, 0.1) is 0 Å². The SMILES string of the molecule is CCOc1ccccc1OCC[NH2+][C@H](C)Cc1ccc(OC)c(S(N)(=O)=O)c1.CCOc1ccccc1OCC[NH2+][C@H](C)Cc1ccc(OC)c(S(N)(=O)=O)c1.O.O.O.O.O=C([O-])CCCCC(=O)[O-]. The number of quaternary nitrogens is 2. The lowest BCUT2D eigenvalue weighted by Gasteiger charge is -2.14. The number of hydrogen-bond acceptors (Lipinski definition) is 14. The number of hydrogen-bond donors (Lipinski definition) is 4. The maximum Gasteiger partial charge on any atom is 0.241 e. The second-order valence-corrected chi connectivity index (χ2v) is 17.9. The summed E-state index contributed by atoms with van der Waals surface area (Å²) in [6.45, 7) is 11.8. The lowest BCUT2D eigenvalue weighted by atomic mass is 10.1. The van der Waals surface area contributed by atoms with E-state index < -0.39 is 32.0 Å². The fraction of sp³-hybridized carbons (Fsp3) is 0.435. The van der Waals surface area contributed by atoms with Crippen LogP contribution in [0.5, 0.6) is 34.5 Å². The fourth-order valence-electron chi connectivity index (χ4n) is 6.32. The van der Waals surface area contributed by atoms with Gasteiger partial charge in [0.2, 0.25) is 20.0 Å². The first-order valence-corrected chi connectivity index (χ1v) is 24.6. The molecule has 0 aliphatic heterocycles. The van der Waals surface area contributed by atoms with Crippen LogP contribution in [-0.2, 0) is 42.5 Å². The Kier molecular flexibility index (Phi) is 35.4. The summed E-state index contributed by atoms with van der Waals surface area (Å²) >= 11 is 0. The molecular weight excluding hydrogens is 961 g/mol.